The summed E-state index contributed by atoms with van der Waals surface area (Å²) in [5.41, 5.74) is 1.71. The van der Waals surface area contributed by atoms with Gasteiger partial charge in [-0.1, -0.05) is 30.3 Å². The SMILES string of the molecule is O=C1CC(c2ccccc2)=NN1c1cnccn1. The lowest BCUT2D eigenvalue weighted by Crippen LogP contribution is -2.20. The molecule has 1 aliphatic heterocycles. The molecule has 2 heterocycles. The van der Waals surface area contributed by atoms with Crippen molar-refractivity contribution in [2.24, 2.45) is 5.10 Å². The molecule has 88 valence electrons. The average Bonchev–Trinajstić information content (AvgIpc) is 2.83. The standard InChI is InChI=1S/C13H10N4O/c18-13-8-11(10-4-2-1-3-5-10)16-17(13)12-9-14-6-7-15-12/h1-7,9H,8H2. The van der Waals surface area contributed by atoms with Crippen LogP contribution in [0.5, 0.6) is 0 Å². The first-order chi connectivity index (χ1) is 8.84. The zero-order chi connectivity index (χ0) is 12.4. The highest BCUT2D eigenvalue weighted by Crippen LogP contribution is 2.19. The number of hydrogen-bond acceptors (Lipinski definition) is 4. The summed E-state index contributed by atoms with van der Waals surface area (Å²) in [7, 11) is 0. The smallest absolute Gasteiger partial charge is 0.254 e. The maximum absolute atomic E-state index is 11.9. The molecule has 0 saturated heterocycles. The highest BCUT2D eigenvalue weighted by molar-refractivity contribution is 6.18. The van der Waals surface area contributed by atoms with Crippen molar-refractivity contribution < 1.29 is 4.79 Å². The summed E-state index contributed by atoms with van der Waals surface area (Å²) in [6, 6.07) is 9.65. The maximum Gasteiger partial charge on any atom is 0.254 e. The van der Waals surface area contributed by atoms with Crippen molar-refractivity contribution in [2.75, 3.05) is 5.01 Å². The van der Waals surface area contributed by atoms with Crippen molar-refractivity contribution in [1.82, 2.24) is 9.97 Å². The number of hydrogen-bond donors (Lipinski definition) is 0. The summed E-state index contributed by atoms with van der Waals surface area (Å²) < 4.78 is 0. The Morgan fingerprint density at radius 1 is 1.11 bits per heavy atom. The van der Waals surface area contributed by atoms with Gasteiger partial charge < -0.3 is 0 Å². The van der Waals surface area contributed by atoms with E-state index < -0.39 is 0 Å². The topological polar surface area (TPSA) is 58.5 Å². The molecular formula is C13H10N4O. The molecule has 0 bridgehead atoms. The third kappa shape index (κ3) is 1.86. The van der Waals surface area contributed by atoms with Gasteiger partial charge in [0.25, 0.3) is 5.91 Å². The number of rotatable bonds is 2. The summed E-state index contributed by atoms with van der Waals surface area (Å²) in [4.78, 5) is 19.9. The van der Waals surface area contributed by atoms with E-state index in [-0.39, 0.29) is 5.91 Å². The van der Waals surface area contributed by atoms with E-state index in [9.17, 15) is 4.79 Å². The molecule has 0 atom stereocenters. The number of amides is 1. The Balaban J connectivity index is 1.95. The van der Waals surface area contributed by atoms with Crippen LogP contribution in [0.15, 0.2) is 54.0 Å². The molecular weight excluding hydrogens is 228 g/mol. The van der Waals surface area contributed by atoms with Crippen LogP contribution in [-0.4, -0.2) is 21.6 Å². The van der Waals surface area contributed by atoms with Gasteiger partial charge in [0.15, 0.2) is 5.82 Å². The van der Waals surface area contributed by atoms with E-state index in [1.165, 1.54) is 11.2 Å². The Hall–Kier alpha value is -2.56. The fraction of sp³-hybridized carbons (Fsp3) is 0.0769. The minimum absolute atomic E-state index is 0.0886. The van der Waals surface area contributed by atoms with Crippen LogP contribution in [0.25, 0.3) is 0 Å². The molecule has 5 heteroatoms. The van der Waals surface area contributed by atoms with Crippen LogP contribution in [0.1, 0.15) is 12.0 Å². The summed E-state index contributed by atoms with van der Waals surface area (Å²) in [5.74, 6) is 0.364. The lowest BCUT2D eigenvalue weighted by molar-refractivity contribution is -0.116. The quantitative estimate of drug-likeness (QED) is 0.798. The van der Waals surface area contributed by atoms with Crippen LogP contribution in [-0.2, 0) is 4.79 Å². The van der Waals surface area contributed by atoms with Gasteiger partial charge in [0.2, 0.25) is 0 Å². The van der Waals surface area contributed by atoms with E-state index >= 15 is 0 Å². The van der Waals surface area contributed by atoms with Crippen LogP contribution >= 0.6 is 0 Å². The van der Waals surface area contributed by atoms with Gasteiger partial charge in [0, 0.05) is 12.4 Å². The number of carbonyl (C=O) groups is 1. The molecule has 2 aromatic rings. The van der Waals surface area contributed by atoms with Gasteiger partial charge in [0.05, 0.1) is 18.3 Å². The number of anilines is 1. The third-order valence-corrected chi connectivity index (χ3v) is 2.65. The molecule has 1 aromatic heterocycles. The van der Waals surface area contributed by atoms with Crippen LogP contribution in [0, 0.1) is 0 Å². The van der Waals surface area contributed by atoms with Crippen molar-refractivity contribution in [1.29, 1.82) is 0 Å². The number of benzene rings is 1. The van der Waals surface area contributed by atoms with Crippen molar-refractivity contribution in [3.8, 4) is 0 Å². The Bertz CT molecular complexity index is 595. The number of nitrogens with zero attached hydrogens (tertiary/aromatic N) is 4. The second kappa shape index (κ2) is 4.37. The van der Waals surface area contributed by atoms with Gasteiger partial charge in [-0.3, -0.25) is 9.78 Å². The molecule has 5 nitrogen and oxygen atoms in total. The molecule has 0 N–H and O–H groups in total. The predicted molar refractivity (Wildman–Crippen MR) is 67.1 cm³/mol. The van der Waals surface area contributed by atoms with E-state index in [1.807, 2.05) is 30.3 Å². The highest BCUT2D eigenvalue weighted by atomic mass is 16.2. The number of aromatic nitrogens is 2. The molecule has 0 unspecified atom stereocenters. The normalized spacial score (nSPS) is 14.8. The fourth-order valence-corrected chi connectivity index (χ4v) is 1.80. The van der Waals surface area contributed by atoms with Crippen molar-refractivity contribution >= 4 is 17.4 Å². The molecule has 0 fully saturated rings. The summed E-state index contributed by atoms with van der Waals surface area (Å²) in [6.45, 7) is 0. The summed E-state index contributed by atoms with van der Waals surface area (Å²) in [6.07, 6.45) is 4.92. The Kier molecular flexibility index (Phi) is 2.57. The van der Waals surface area contributed by atoms with Gasteiger partial charge in [0.1, 0.15) is 0 Å². The molecule has 0 spiro atoms. The van der Waals surface area contributed by atoms with Crippen LogP contribution in [0.4, 0.5) is 5.82 Å². The van der Waals surface area contributed by atoms with Gasteiger partial charge >= 0.3 is 0 Å². The number of carbonyl (C=O) groups excluding carboxylic acids is 1. The molecule has 0 saturated carbocycles. The first-order valence-electron chi connectivity index (χ1n) is 5.56. The first-order valence-corrected chi connectivity index (χ1v) is 5.56. The Labute approximate surface area is 104 Å². The second-order valence-corrected chi connectivity index (χ2v) is 3.86. The van der Waals surface area contributed by atoms with Crippen molar-refractivity contribution in [3.63, 3.8) is 0 Å². The molecule has 18 heavy (non-hydrogen) atoms. The van der Waals surface area contributed by atoms with E-state index in [0.29, 0.717) is 12.2 Å². The summed E-state index contributed by atoms with van der Waals surface area (Å²) in [5, 5.41) is 5.61. The molecule has 1 amide bonds. The molecule has 1 aliphatic rings. The predicted octanol–water partition coefficient (Wildman–Crippen LogP) is 1.62. The first kappa shape index (κ1) is 10.6. The van der Waals surface area contributed by atoms with Crippen LogP contribution < -0.4 is 5.01 Å². The second-order valence-electron chi connectivity index (χ2n) is 3.86. The van der Waals surface area contributed by atoms with Crippen LogP contribution in [0.2, 0.25) is 0 Å². The largest absolute Gasteiger partial charge is 0.272 e. The minimum atomic E-state index is -0.0886. The van der Waals surface area contributed by atoms with Gasteiger partial charge in [-0.25, -0.2) is 4.98 Å². The molecule has 0 aliphatic carbocycles. The fourth-order valence-electron chi connectivity index (χ4n) is 1.80. The number of hydrazone groups is 1. The monoisotopic (exact) mass is 238 g/mol. The summed E-state index contributed by atoms with van der Waals surface area (Å²) >= 11 is 0. The maximum atomic E-state index is 11.9. The zero-order valence-corrected chi connectivity index (χ0v) is 9.52. The lowest BCUT2D eigenvalue weighted by atomic mass is 10.1. The third-order valence-electron chi connectivity index (χ3n) is 2.65. The Morgan fingerprint density at radius 3 is 2.67 bits per heavy atom. The van der Waals surface area contributed by atoms with E-state index in [0.717, 1.165) is 11.3 Å². The molecule has 1 aromatic carbocycles. The van der Waals surface area contributed by atoms with Gasteiger partial charge in [-0.2, -0.15) is 10.1 Å². The van der Waals surface area contributed by atoms with E-state index in [2.05, 4.69) is 15.1 Å². The van der Waals surface area contributed by atoms with E-state index in [1.54, 1.807) is 12.4 Å². The average molecular weight is 238 g/mol. The lowest BCUT2D eigenvalue weighted by Gasteiger charge is -2.08. The van der Waals surface area contributed by atoms with Crippen molar-refractivity contribution in [3.05, 3.63) is 54.5 Å². The van der Waals surface area contributed by atoms with Gasteiger partial charge in [-0.15, -0.1) is 0 Å². The zero-order valence-electron chi connectivity index (χ0n) is 9.52. The van der Waals surface area contributed by atoms with E-state index in [4.69, 9.17) is 0 Å². The molecule has 0 radical (unpaired) electrons. The van der Waals surface area contributed by atoms with Gasteiger partial charge in [-0.05, 0) is 5.56 Å². The van der Waals surface area contributed by atoms with Crippen LogP contribution in [0.3, 0.4) is 0 Å². The Morgan fingerprint density at radius 2 is 1.94 bits per heavy atom. The minimum Gasteiger partial charge on any atom is -0.272 e. The van der Waals surface area contributed by atoms with Crippen molar-refractivity contribution in [2.45, 2.75) is 6.42 Å². The highest BCUT2D eigenvalue weighted by Gasteiger charge is 2.26. The molecule has 3 rings (SSSR count).